The number of nitrogens with one attached hydrogen (secondary N) is 1. The normalized spacial score (nSPS) is 30.6. The monoisotopic (exact) mass is 168 g/mol. The first kappa shape index (κ1) is 8.05. The van der Waals surface area contributed by atoms with Gasteiger partial charge in [0, 0.05) is 13.1 Å². The van der Waals surface area contributed by atoms with E-state index in [4.69, 9.17) is 0 Å². The van der Waals surface area contributed by atoms with Gasteiger partial charge in [0.05, 0.1) is 6.04 Å². The minimum atomic E-state index is 0.183. The number of likely N-dealkylation sites (tertiary alicyclic amines) is 1. The third-order valence-corrected chi connectivity index (χ3v) is 2.86. The molecule has 68 valence electrons. The predicted molar refractivity (Wildman–Crippen MR) is 46.8 cm³/mol. The van der Waals surface area contributed by atoms with Gasteiger partial charge in [-0.1, -0.05) is 0 Å². The van der Waals surface area contributed by atoms with Crippen LogP contribution in [0.4, 0.5) is 0 Å². The lowest BCUT2D eigenvalue weighted by Gasteiger charge is -2.22. The molecular weight excluding hydrogens is 152 g/mol. The highest BCUT2D eigenvalue weighted by atomic mass is 16.2. The smallest absolute Gasteiger partial charge is 0.237 e. The molecule has 0 spiro atoms. The van der Waals surface area contributed by atoms with Crippen LogP contribution in [-0.4, -0.2) is 36.5 Å². The summed E-state index contributed by atoms with van der Waals surface area (Å²) in [4.78, 5) is 13.8. The van der Waals surface area contributed by atoms with Crippen molar-refractivity contribution in [1.82, 2.24) is 10.2 Å². The minimum absolute atomic E-state index is 0.183. The van der Waals surface area contributed by atoms with Gasteiger partial charge in [-0.2, -0.15) is 0 Å². The van der Waals surface area contributed by atoms with Crippen molar-refractivity contribution in [3.63, 3.8) is 0 Å². The second-order valence-corrected chi connectivity index (χ2v) is 3.74. The highest BCUT2D eigenvalue weighted by Gasteiger charge is 2.39. The quantitative estimate of drug-likeness (QED) is 0.645. The second kappa shape index (κ2) is 3.05. The summed E-state index contributed by atoms with van der Waals surface area (Å²) in [6.07, 6.45) is 4.84. The van der Waals surface area contributed by atoms with Crippen LogP contribution in [0, 0.1) is 0 Å². The van der Waals surface area contributed by atoms with Gasteiger partial charge in [0.25, 0.3) is 0 Å². The molecule has 0 bridgehead atoms. The van der Waals surface area contributed by atoms with Crippen LogP contribution in [0.3, 0.4) is 0 Å². The van der Waals surface area contributed by atoms with Crippen LogP contribution in [0.2, 0.25) is 0 Å². The Kier molecular flexibility index (Phi) is 2.05. The topological polar surface area (TPSA) is 32.3 Å². The van der Waals surface area contributed by atoms with Gasteiger partial charge in [0.15, 0.2) is 0 Å². The van der Waals surface area contributed by atoms with E-state index in [1.807, 2.05) is 0 Å². The molecule has 3 heteroatoms. The van der Waals surface area contributed by atoms with Gasteiger partial charge in [0.1, 0.15) is 0 Å². The maximum absolute atomic E-state index is 11.4. The summed E-state index contributed by atoms with van der Waals surface area (Å²) < 4.78 is 0. The van der Waals surface area contributed by atoms with Crippen molar-refractivity contribution in [3.05, 3.63) is 0 Å². The lowest BCUT2D eigenvalue weighted by molar-refractivity contribution is -0.125. The van der Waals surface area contributed by atoms with Crippen LogP contribution in [0.5, 0.6) is 0 Å². The Morgan fingerprint density at radius 3 is 2.75 bits per heavy atom. The van der Waals surface area contributed by atoms with E-state index < -0.39 is 0 Å². The molecule has 0 aromatic rings. The first-order valence-corrected chi connectivity index (χ1v) is 4.80. The van der Waals surface area contributed by atoms with E-state index in [1.54, 1.807) is 7.05 Å². The summed E-state index contributed by atoms with van der Waals surface area (Å²) in [5.74, 6) is 0.208. The molecule has 1 aliphatic carbocycles. The largest absolute Gasteiger partial charge is 0.358 e. The van der Waals surface area contributed by atoms with Crippen LogP contribution in [0.1, 0.15) is 25.7 Å². The highest BCUT2D eigenvalue weighted by molar-refractivity contribution is 5.81. The number of nitrogens with zero attached hydrogens (tertiary/aromatic N) is 1. The van der Waals surface area contributed by atoms with Gasteiger partial charge in [-0.05, 0) is 32.2 Å². The Morgan fingerprint density at radius 2 is 2.17 bits per heavy atom. The van der Waals surface area contributed by atoms with Crippen LogP contribution < -0.4 is 5.32 Å². The summed E-state index contributed by atoms with van der Waals surface area (Å²) in [6, 6.07) is 0.914. The summed E-state index contributed by atoms with van der Waals surface area (Å²) >= 11 is 0. The van der Waals surface area contributed by atoms with Crippen molar-refractivity contribution in [2.24, 2.45) is 0 Å². The molecule has 3 nitrogen and oxygen atoms in total. The third-order valence-electron chi connectivity index (χ3n) is 2.86. The first-order valence-electron chi connectivity index (χ1n) is 4.80. The van der Waals surface area contributed by atoms with E-state index in [9.17, 15) is 4.79 Å². The molecule has 1 aliphatic heterocycles. The van der Waals surface area contributed by atoms with Gasteiger partial charge < -0.3 is 5.32 Å². The van der Waals surface area contributed by atoms with Gasteiger partial charge >= 0.3 is 0 Å². The number of rotatable bonds is 2. The molecule has 2 rings (SSSR count). The number of hydrogen-bond acceptors (Lipinski definition) is 2. The lowest BCUT2D eigenvalue weighted by atomic mass is 10.2. The fourth-order valence-electron chi connectivity index (χ4n) is 2.08. The zero-order chi connectivity index (χ0) is 8.55. The Bertz CT molecular complexity index is 189. The Labute approximate surface area is 73.1 Å². The Hall–Kier alpha value is -0.570. The summed E-state index contributed by atoms with van der Waals surface area (Å²) in [5, 5.41) is 2.74. The average molecular weight is 168 g/mol. The molecule has 1 unspecified atom stereocenters. The average Bonchev–Trinajstić information content (AvgIpc) is 2.83. The Morgan fingerprint density at radius 1 is 1.42 bits per heavy atom. The van der Waals surface area contributed by atoms with Gasteiger partial charge in [-0.3, -0.25) is 9.69 Å². The number of carbonyl (C=O) groups excluding carboxylic acids is 1. The van der Waals surface area contributed by atoms with Crippen LogP contribution in [0.25, 0.3) is 0 Å². The lowest BCUT2D eigenvalue weighted by Crippen LogP contribution is -2.42. The standard InChI is InChI=1S/C9H16N2O/c1-10-9(12)8-3-2-6-11(8)7-4-5-7/h7-8H,2-6H2,1H3,(H,10,12). The maximum atomic E-state index is 11.4. The molecule has 2 fully saturated rings. The van der Waals surface area contributed by atoms with Crippen LogP contribution in [-0.2, 0) is 4.79 Å². The van der Waals surface area contributed by atoms with E-state index in [2.05, 4.69) is 10.2 Å². The van der Waals surface area contributed by atoms with Crippen molar-refractivity contribution < 1.29 is 4.79 Å². The SMILES string of the molecule is CNC(=O)C1CCCN1C1CC1. The molecule has 1 atom stereocenters. The third kappa shape index (κ3) is 1.33. The van der Waals surface area contributed by atoms with E-state index >= 15 is 0 Å². The van der Waals surface area contributed by atoms with Gasteiger partial charge in [0.2, 0.25) is 5.91 Å². The van der Waals surface area contributed by atoms with Crippen molar-refractivity contribution in [2.75, 3.05) is 13.6 Å². The zero-order valence-corrected chi connectivity index (χ0v) is 7.55. The minimum Gasteiger partial charge on any atom is -0.358 e. The summed E-state index contributed by atoms with van der Waals surface area (Å²) in [5.41, 5.74) is 0. The molecule has 1 amide bonds. The molecule has 2 aliphatic rings. The van der Waals surface area contributed by atoms with Crippen molar-refractivity contribution in [3.8, 4) is 0 Å². The molecule has 1 heterocycles. The molecule has 1 N–H and O–H groups in total. The first-order chi connectivity index (χ1) is 5.83. The highest BCUT2D eigenvalue weighted by Crippen LogP contribution is 2.33. The van der Waals surface area contributed by atoms with Crippen LogP contribution >= 0.6 is 0 Å². The summed E-state index contributed by atoms with van der Waals surface area (Å²) in [7, 11) is 1.73. The van der Waals surface area contributed by atoms with E-state index in [1.165, 1.54) is 19.3 Å². The predicted octanol–water partition coefficient (Wildman–Crippen LogP) is 0.359. The van der Waals surface area contributed by atoms with E-state index in [0.717, 1.165) is 19.0 Å². The van der Waals surface area contributed by atoms with Crippen molar-refractivity contribution in [1.29, 1.82) is 0 Å². The molecule has 0 radical (unpaired) electrons. The fourth-order valence-corrected chi connectivity index (χ4v) is 2.08. The summed E-state index contributed by atoms with van der Waals surface area (Å²) in [6.45, 7) is 1.13. The second-order valence-electron chi connectivity index (χ2n) is 3.74. The molecule has 1 saturated heterocycles. The van der Waals surface area contributed by atoms with Crippen LogP contribution in [0.15, 0.2) is 0 Å². The molecule has 0 aromatic heterocycles. The molecule has 12 heavy (non-hydrogen) atoms. The Balaban J connectivity index is 1.98. The number of likely N-dealkylation sites (N-methyl/N-ethyl adjacent to an activating group) is 1. The maximum Gasteiger partial charge on any atom is 0.237 e. The number of hydrogen-bond donors (Lipinski definition) is 1. The molecular formula is C9H16N2O. The van der Waals surface area contributed by atoms with Gasteiger partial charge in [-0.25, -0.2) is 0 Å². The zero-order valence-electron chi connectivity index (χ0n) is 7.55. The van der Waals surface area contributed by atoms with Crippen molar-refractivity contribution in [2.45, 2.75) is 37.8 Å². The fraction of sp³-hybridized carbons (Fsp3) is 0.889. The van der Waals surface area contributed by atoms with E-state index in [0.29, 0.717) is 0 Å². The van der Waals surface area contributed by atoms with Crippen molar-refractivity contribution >= 4 is 5.91 Å². The molecule has 1 saturated carbocycles. The van der Waals surface area contributed by atoms with E-state index in [-0.39, 0.29) is 11.9 Å². The number of carbonyl (C=O) groups is 1. The molecule has 0 aromatic carbocycles. The number of amides is 1. The van der Waals surface area contributed by atoms with Gasteiger partial charge in [-0.15, -0.1) is 0 Å².